The van der Waals surface area contributed by atoms with E-state index in [9.17, 15) is 0 Å². The van der Waals surface area contributed by atoms with Crippen LogP contribution < -0.4 is 48.4 Å². The summed E-state index contributed by atoms with van der Waals surface area (Å²) in [6, 6.07) is 49.4. The van der Waals surface area contributed by atoms with Crippen molar-refractivity contribution in [3.8, 4) is 33.9 Å². The molecule has 0 fully saturated rings. The van der Waals surface area contributed by atoms with E-state index in [4.69, 9.17) is 46.1 Å². The second kappa shape index (κ2) is 26.8. The minimum absolute atomic E-state index is 0. The minimum Gasteiger partial charge on any atom is -0.377 e. The number of H-pyrrole nitrogens is 3. The van der Waals surface area contributed by atoms with E-state index in [1.807, 2.05) is 69.0 Å². The molecular weight excluding hydrogens is 868 g/mol. The summed E-state index contributed by atoms with van der Waals surface area (Å²) in [6.45, 7) is 1.12. The lowest BCUT2D eigenvalue weighted by Crippen LogP contribution is -2.26. The smallest absolute Gasteiger partial charge is 0.377 e. The molecule has 0 amide bonds. The number of imidazole rings is 1. The van der Waals surface area contributed by atoms with Crippen molar-refractivity contribution in [3.05, 3.63) is 174 Å². The number of hydrogen-bond acceptors (Lipinski definition) is 3. The van der Waals surface area contributed by atoms with Gasteiger partial charge in [0.1, 0.15) is 0 Å². The van der Waals surface area contributed by atoms with E-state index in [2.05, 4.69) is 111 Å². The van der Waals surface area contributed by atoms with Gasteiger partial charge in [-0.05, 0) is 73.5 Å². The molecule has 0 aliphatic heterocycles. The van der Waals surface area contributed by atoms with Gasteiger partial charge in [0.25, 0.3) is 5.82 Å². The Balaban J connectivity index is 0.000000308. The van der Waals surface area contributed by atoms with Crippen LogP contribution >= 0.6 is 23.2 Å². The lowest BCUT2D eigenvalue weighted by Gasteiger charge is -2.08. The monoisotopic (exact) mass is 926 g/mol. The lowest BCUT2D eigenvalue weighted by molar-refractivity contribution is -0.377. The lowest BCUT2D eigenvalue weighted by atomic mass is 10.1. The van der Waals surface area contributed by atoms with Crippen LogP contribution in [0, 0.1) is 0 Å². The Morgan fingerprint density at radius 3 is 1.41 bits per heavy atom. The van der Waals surface area contributed by atoms with Gasteiger partial charge in [-0.2, -0.15) is 9.98 Å². The zero-order valence-corrected chi connectivity index (χ0v) is 38.6. The van der Waals surface area contributed by atoms with Gasteiger partial charge in [0.15, 0.2) is 23.8 Å². The number of guanidine groups is 4. The van der Waals surface area contributed by atoms with E-state index in [-0.39, 0.29) is 26.7 Å². The van der Waals surface area contributed by atoms with Crippen molar-refractivity contribution in [2.24, 2.45) is 42.9 Å². The van der Waals surface area contributed by atoms with Crippen LogP contribution in [0.4, 0.5) is 17.1 Å². The summed E-state index contributed by atoms with van der Waals surface area (Å²) in [5.41, 5.74) is 31.7. The van der Waals surface area contributed by atoms with Crippen molar-refractivity contribution in [3.63, 3.8) is 0 Å². The number of rotatable bonds is 13. The average Bonchev–Trinajstić information content (AvgIpc) is 3.79. The van der Waals surface area contributed by atoms with E-state index < -0.39 is 0 Å². The zero-order chi connectivity index (χ0) is 46.9. The predicted octanol–water partition coefficient (Wildman–Crippen LogP) is 8.96. The van der Waals surface area contributed by atoms with E-state index in [0.29, 0.717) is 23.1 Å². The number of unbranched alkanes of at least 4 members (excludes halogenated alkanes) is 3. The van der Waals surface area contributed by atoms with Crippen LogP contribution in [-0.4, -0.2) is 56.0 Å². The number of halogens is 2. The maximum Gasteiger partial charge on any atom is 1.00 e. The number of aliphatic imine (C=N–C) groups is 4. The summed E-state index contributed by atoms with van der Waals surface area (Å²) in [5.74, 6) is 1.58. The molecule has 5 aromatic carbocycles. The fourth-order valence-corrected chi connectivity index (χ4v) is 6.43. The summed E-state index contributed by atoms with van der Waals surface area (Å²) < 4.78 is 0. The fraction of sp³-hybridized carbons (Fsp3) is 0.160. The molecule has 2 aromatic heterocycles. The largest absolute Gasteiger partial charge is 1.00 e. The van der Waals surface area contributed by atoms with Gasteiger partial charge in [-0.15, -0.1) is 0 Å². The van der Waals surface area contributed by atoms with Gasteiger partial charge in [-0.3, -0.25) is 9.98 Å². The summed E-state index contributed by atoms with van der Waals surface area (Å²) in [4.78, 5) is 28.6. The van der Waals surface area contributed by atoms with Crippen molar-refractivity contribution >= 4 is 64.1 Å². The van der Waals surface area contributed by atoms with Crippen LogP contribution in [0.2, 0.25) is 10.0 Å². The number of hydrogen-bond donors (Lipinski definition) is 7. The van der Waals surface area contributed by atoms with Gasteiger partial charge in [0, 0.05) is 77.6 Å². The zero-order valence-electron chi connectivity index (χ0n) is 39.1. The number of aromatic amines is 3. The number of nitrogens with one attached hydrogen (secondary N) is 5. The highest BCUT2D eigenvalue weighted by atomic mass is 35.5. The molecule has 0 atom stereocenters. The number of benzene rings is 5. The van der Waals surface area contributed by atoms with Gasteiger partial charge in [0.2, 0.25) is 23.8 Å². The molecule has 0 aliphatic rings. The van der Waals surface area contributed by atoms with Crippen LogP contribution in [0.15, 0.2) is 184 Å². The molecule has 340 valence electrons. The highest BCUT2D eigenvalue weighted by Crippen LogP contribution is 2.30. The van der Waals surface area contributed by atoms with Crippen molar-refractivity contribution in [1.29, 1.82) is 0 Å². The molecule has 66 heavy (non-hydrogen) atoms. The highest BCUT2D eigenvalue weighted by Gasteiger charge is 2.21. The summed E-state index contributed by atoms with van der Waals surface area (Å²) in [6.07, 6.45) is 7.51. The summed E-state index contributed by atoms with van der Waals surface area (Å²) in [7, 11) is 4.05. The van der Waals surface area contributed by atoms with Gasteiger partial charge in [-0.1, -0.05) is 115 Å². The molecule has 14 nitrogen and oxygen atoms in total. The molecule has 0 aliphatic carbocycles. The second-order valence-corrected chi connectivity index (χ2v) is 15.7. The molecule has 0 radical (unpaired) electrons. The molecule has 0 spiro atoms. The van der Waals surface area contributed by atoms with Gasteiger partial charge < -0.3 is 38.5 Å². The molecular formula is C50H60Cl2N14+4. The molecule has 0 saturated heterocycles. The Morgan fingerprint density at radius 2 is 0.985 bits per heavy atom. The number of nitrogens with two attached hydrogens (primary N) is 4. The first-order valence-corrected chi connectivity index (χ1v) is 22.1. The van der Waals surface area contributed by atoms with Crippen molar-refractivity contribution in [2.45, 2.75) is 25.7 Å². The van der Waals surface area contributed by atoms with Crippen molar-refractivity contribution < 1.29 is 12.8 Å². The first-order valence-electron chi connectivity index (χ1n) is 21.3. The van der Waals surface area contributed by atoms with E-state index >= 15 is 0 Å². The maximum absolute atomic E-state index is 5.85. The molecule has 16 heteroatoms. The van der Waals surface area contributed by atoms with E-state index in [1.165, 1.54) is 16.8 Å². The van der Waals surface area contributed by atoms with E-state index in [0.717, 1.165) is 59.8 Å². The third-order valence-corrected chi connectivity index (χ3v) is 9.98. The third kappa shape index (κ3) is 17.5. The van der Waals surface area contributed by atoms with Crippen molar-refractivity contribution in [1.82, 2.24) is 4.98 Å². The Kier molecular flexibility index (Phi) is 20.1. The first-order chi connectivity index (χ1) is 32.0. The van der Waals surface area contributed by atoms with Crippen LogP contribution in [-0.2, 0) is 0 Å². The molecule has 0 saturated carbocycles. The summed E-state index contributed by atoms with van der Waals surface area (Å²) in [5, 5.41) is 7.11. The molecule has 7 rings (SSSR count). The van der Waals surface area contributed by atoms with Crippen LogP contribution in [0.1, 0.15) is 28.5 Å². The van der Waals surface area contributed by atoms with Gasteiger partial charge >= 0.3 is 2.85 Å². The Labute approximate surface area is 399 Å². The summed E-state index contributed by atoms with van der Waals surface area (Å²) >= 11 is 11.7. The molecule has 0 bridgehead atoms. The average molecular weight is 928 g/mol. The first kappa shape index (κ1) is 49.3. The number of nitrogens with zero attached hydrogens (tertiary/aromatic N) is 5. The topological polar surface area (TPSA) is 225 Å². The normalized spacial score (nSPS) is 11.7. The maximum atomic E-state index is 5.85. The Morgan fingerprint density at radius 1 is 0.561 bits per heavy atom. The van der Waals surface area contributed by atoms with Crippen LogP contribution in [0.3, 0.4) is 0 Å². The highest BCUT2D eigenvalue weighted by molar-refractivity contribution is 6.31. The predicted molar refractivity (Wildman–Crippen MR) is 278 cm³/mol. The number of anilines is 3. The van der Waals surface area contributed by atoms with Gasteiger partial charge in [0.05, 0.1) is 5.56 Å². The standard InChI is InChI=1S/C22H30Cl2N10.C21H16N2.C7H10N2/c23-15-5-9-17(10-6-15)31-21(27)33-19(25)29-13-3-1-2-4-14-30-20(26)34-22(28)32-18-11-7-16(24)8-12-18;1-4-10-16(11-5-1)19-20(17-12-6-2-7-13-17)23-21(22-19)18-14-8-3-9-15-18;1-9(2)7-3-5-8-6-4-7/h5-12H,1-4,13-14H2,(H5,25,27,29,31,33)(H5,26,28,30,32,34);1-15H,(H,22,23);3-6H,1-2H3/p+4. The SMILES string of the molecule is CN(C)c1cc[nH+]cc1.NC(=NCCCCCCN=C(N)N=C(N)Nc1ccc(Cl)cc1)N=C(N)Nc1ccc(Cl)cc1.[H+].[H+].c1ccc(-c2[nH]c(-c3ccccc3)c(-c3ccccc3)[nH+]2)cc1. The number of pyridine rings is 1. The van der Waals surface area contributed by atoms with Gasteiger partial charge in [-0.25, -0.2) is 15.0 Å². The van der Waals surface area contributed by atoms with Crippen molar-refractivity contribution in [2.75, 3.05) is 42.7 Å². The number of aromatic nitrogens is 3. The van der Waals surface area contributed by atoms with E-state index in [1.54, 1.807) is 48.5 Å². The fourth-order valence-electron chi connectivity index (χ4n) is 6.17. The quantitative estimate of drug-likeness (QED) is 0.0337. The third-order valence-electron chi connectivity index (χ3n) is 9.47. The Hall–Kier alpha value is -7.68. The van der Waals surface area contributed by atoms with Crippen LogP contribution in [0.5, 0.6) is 0 Å². The Bertz CT molecular complexity index is 2470. The molecule has 0 unspecified atom stereocenters. The molecule has 2 heterocycles. The molecule has 7 aromatic rings. The molecule has 13 N–H and O–H groups in total. The minimum atomic E-state index is 0. The second-order valence-electron chi connectivity index (χ2n) is 14.8. The van der Waals surface area contributed by atoms with Crippen LogP contribution in [0.25, 0.3) is 33.9 Å².